The summed E-state index contributed by atoms with van der Waals surface area (Å²) in [6, 6.07) is 17.5. The topological polar surface area (TPSA) is 156 Å². The smallest absolute Gasteiger partial charge is 0.306 e. The van der Waals surface area contributed by atoms with Crippen molar-refractivity contribution >= 4 is 23.1 Å². The van der Waals surface area contributed by atoms with Gasteiger partial charge in [0.1, 0.15) is 11.5 Å². The Hall–Kier alpha value is -4.61. The fourth-order valence-corrected chi connectivity index (χ4v) is 4.83. The number of nitrogens with two attached hydrogens (primary N) is 2. The molecular formula is C29H30FN7O3. The summed E-state index contributed by atoms with van der Waals surface area (Å²) in [6.07, 6.45) is 6.27. The van der Waals surface area contributed by atoms with Gasteiger partial charge in [-0.1, -0.05) is 41.6 Å². The van der Waals surface area contributed by atoms with Crippen molar-refractivity contribution in [3.63, 3.8) is 0 Å². The quantitative estimate of drug-likeness (QED) is 0.178. The summed E-state index contributed by atoms with van der Waals surface area (Å²) >= 11 is 0. The summed E-state index contributed by atoms with van der Waals surface area (Å²) in [4.78, 5) is 19.7. The molecule has 1 aliphatic rings. The molecule has 11 heteroatoms. The monoisotopic (exact) mass is 543 g/mol. The zero-order chi connectivity index (χ0) is 28.1. The van der Waals surface area contributed by atoms with E-state index in [0.717, 1.165) is 29.0 Å². The minimum Gasteiger partial charge on any atom is -0.481 e. The van der Waals surface area contributed by atoms with E-state index >= 15 is 0 Å². The Morgan fingerprint density at radius 2 is 1.75 bits per heavy atom. The molecule has 0 aliphatic heterocycles. The number of halogens is 1. The Kier molecular flexibility index (Phi) is 8.13. The number of carboxylic acids is 1. The molecule has 0 amide bonds. The second-order valence-corrected chi connectivity index (χ2v) is 9.71. The van der Waals surface area contributed by atoms with Crippen LogP contribution < -0.4 is 21.9 Å². The Labute approximate surface area is 230 Å². The Bertz CT molecular complexity index is 1480. The average Bonchev–Trinajstić information content (AvgIpc) is 3.48. The number of hydrazine groups is 1. The predicted molar refractivity (Wildman–Crippen MR) is 148 cm³/mol. The van der Waals surface area contributed by atoms with E-state index in [9.17, 15) is 14.3 Å². The van der Waals surface area contributed by atoms with Crippen molar-refractivity contribution in [2.45, 2.75) is 38.3 Å². The highest BCUT2D eigenvalue weighted by molar-refractivity contribution is 5.93. The van der Waals surface area contributed by atoms with Gasteiger partial charge < -0.3 is 20.7 Å². The van der Waals surface area contributed by atoms with Gasteiger partial charge in [0.15, 0.2) is 0 Å². The maximum Gasteiger partial charge on any atom is 0.306 e. The van der Waals surface area contributed by atoms with Crippen LogP contribution in [0.4, 0.5) is 10.1 Å². The van der Waals surface area contributed by atoms with E-state index in [0.29, 0.717) is 36.8 Å². The van der Waals surface area contributed by atoms with Crippen molar-refractivity contribution in [1.29, 1.82) is 0 Å². The number of anilines is 1. The van der Waals surface area contributed by atoms with Crippen LogP contribution in [0.3, 0.4) is 0 Å². The first kappa shape index (κ1) is 27.0. The standard InChI is InChI=1S/C29H30FN7O3/c30-23-3-1-2-4-24(23)37(32)26(19-13-15-33-16-14-19)25(31)28-35-27(36-40-28)20-7-5-18(6-8-20)17-34-22-11-9-21(10-12-22)29(38)39/h1-8,13-16,21-22,34H,9-12,17,31-32H2,(H,38,39)/b26-25-/t21-,22+. The molecule has 0 saturated heterocycles. The molecular weight excluding hydrogens is 513 g/mol. The zero-order valence-electron chi connectivity index (χ0n) is 21.7. The van der Waals surface area contributed by atoms with Crippen molar-refractivity contribution in [1.82, 2.24) is 20.4 Å². The minimum atomic E-state index is -0.699. The summed E-state index contributed by atoms with van der Waals surface area (Å²) in [5.41, 5.74) is 9.37. The van der Waals surface area contributed by atoms with Gasteiger partial charge >= 0.3 is 5.97 Å². The van der Waals surface area contributed by atoms with Gasteiger partial charge in [0.2, 0.25) is 5.82 Å². The van der Waals surface area contributed by atoms with Crippen molar-refractivity contribution < 1.29 is 18.8 Å². The highest BCUT2D eigenvalue weighted by Crippen LogP contribution is 2.30. The number of nitrogens with one attached hydrogen (secondary N) is 1. The van der Waals surface area contributed by atoms with Crippen LogP contribution in [0.2, 0.25) is 0 Å². The second-order valence-electron chi connectivity index (χ2n) is 9.71. The van der Waals surface area contributed by atoms with E-state index in [1.807, 2.05) is 24.3 Å². The van der Waals surface area contributed by atoms with E-state index in [2.05, 4.69) is 20.4 Å². The number of rotatable bonds is 9. The first-order valence-electron chi connectivity index (χ1n) is 13.0. The van der Waals surface area contributed by atoms with Gasteiger partial charge in [0.05, 0.1) is 17.3 Å². The molecule has 1 fully saturated rings. The summed E-state index contributed by atoms with van der Waals surface area (Å²) in [5, 5.41) is 17.9. The third kappa shape index (κ3) is 6.00. The van der Waals surface area contributed by atoms with Crippen LogP contribution in [0.15, 0.2) is 77.6 Å². The number of pyridine rings is 1. The number of nitrogens with zero attached hydrogens (tertiary/aromatic N) is 4. The molecule has 0 radical (unpaired) electrons. The van der Waals surface area contributed by atoms with E-state index < -0.39 is 11.8 Å². The third-order valence-electron chi connectivity index (χ3n) is 7.10. The van der Waals surface area contributed by atoms with E-state index in [-0.39, 0.29) is 28.9 Å². The van der Waals surface area contributed by atoms with Crippen molar-refractivity contribution in [3.05, 3.63) is 95.9 Å². The number of benzene rings is 2. The number of hydrogen-bond donors (Lipinski definition) is 4. The van der Waals surface area contributed by atoms with Crippen molar-refractivity contribution in [2.75, 3.05) is 5.01 Å². The highest BCUT2D eigenvalue weighted by atomic mass is 19.1. The molecule has 0 spiro atoms. The van der Waals surface area contributed by atoms with Gasteiger partial charge in [-0.3, -0.25) is 14.8 Å². The highest BCUT2D eigenvalue weighted by Gasteiger charge is 2.26. The van der Waals surface area contributed by atoms with E-state index in [4.69, 9.17) is 16.1 Å². The molecule has 6 N–H and O–H groups in total. The normalized spacial score (nSPS) is 17.8. The molecule has 206 valence electrons. The number of hydrogen-bond acceptors (Lipinski definition) is 9. The van der Waals surface area contributed by atoms with Crippen LogP contribution in [0.25, 0.3) is 22.8 Å². The SMILES string of the molecule is N/C(=C(/c1ccncc1)N(N)c1ccccc1F)c1nc(-c2ccc(CN[C@H]3CC[C@@H](C(=O)O)CC3)cc2)no1. The Morgan fingerprint density at radius 3 is 2.42 bits per heavy atom. The van der Waals surface area contributed by atoms with Crippen LogP contribution in [-0.2, 0) is 11.3 Å². The first-order chi connectivity index (χ1) is 19.4. The molecule has 0 bridgehead atoms. The van der Waals surface area contributed by atoms with Gasteiger partial charge in [0, 0.05) is 36.1 Å². The van der Waals surface area contributed by atoms with Gasteiger partial charge in [0.25, 0.3) is 5.89 Å². The predicted octanol–water partition coefficient (Wildman–Crippen LogP) is 4.17. The fourth-order valence-electron chi connectivity index (χ4n) is 4.83. The molecule has 4 aromatic rings. The second kappa shape index (κ2) is 12.1. The van der Waals surface area contributed by atoms with Gasteiger partial charge in [-0.25, -0.2) is 10.2 Å². The summed E-state index contributed by atoms with van der Waals surface area (Å²) in [5.74, 6) is 5.30. The lowest BCUT2D eigenvalue weighted by Crippen LogP contribution is -2.34. The summed E-state index contributed by atoms with van der Waals surface area (Å²) < 4.78 is 20.1. The molecule has 0 atom stereocenters. The van der Waals surface area contributed by atoms with Crippen LogP contribution >= 0.6 is 0 Å². The molecule has 5 rings (SSSR count). The third-order valence-corrected chi connectivity index (χ3v) is 7.10. The Balaban J connectivity index is 1.32. The lowest BCUT2D eigenvalue weighted by Gasteiger charge is -2.27. The van der Waals surface area contributed by atoms with Crippen molar-refractivity contribution in [3.8, 4) is 11.4 Å². The number of aromatic nitrogens is 3. The van der Waals surface area contributed by atoms with Crippen LogP contribution in [0.5, 0.6) is 0 Å². The van der Waals surface area contributed by atoms with Crippen LogP contribution in [-0.4, -0.2) is 32.2 Å². The lowest BCUT2D eigenvalue weighted by atomic mass is 9.86. The van der Waals surface area contributed by atoms with Crippen molar-refractivity contribution in [2.24, 2.45) is 17.5 Å². The molecule has 0 unspecified atom stereocenters. The lowest BCUT2D eigenvalue weighted by molar-refractivity contribution is -0.142. The Morgan fingerprint density at radius 1 is 1.05 bits per heavy atom. The van der Waals surface area contributed by atoms with Crippen LogP contribution in [0, 0.1) is 11.7 Å². The van der Waals surface area contributed by atoms with Gasteiger partial charge in [-0.2, -0.15) is 4.98 Å². The van der Waals surface area contributed by atoms with Gasteiger partial charge in [-0.05, 0) is 55.5 Å². The first-order valence-corrected chi connectivity index (χ1v) is 13.0. The zero-order valence-corrected chi connectivity index (χ0v) is 21.7. The summed E-state index contributed by atoms with van der Waals surface area (Å²) in [7, 11) is 0. The number of aliphatic carboxylic acids is 1. The number of carboxylic acid groups (broad SMARTS) is 1. The maximum atomic E-state index is 14.6. The molecule has 10 nitrogen and oxygen atoms in total. The molecule has 2 heterocycles. The molecule has 1 aliphatic carbocycles. The maximum absolute atomic E-state index is 14.6. The molecule has 2 aromatic heterocycles. The van der Waals surface area contributed by atoms with E-state index in [1.165, 1.54) is 6.07 Å². The average molecular weight is 544 g/mol. The minimum absolute atomic E-state index is 0.0382. The number of para-hydroxylation sites is 1. The van der Waals surface area contributed by atoms with Crippen LogP contribution in [0.1, 0.15) is 42.7 Å². The van der Waals surface area contributed by atoms with E-state index in [1.54, 1.807) is 42.7 Å². The number of carbonyl (C=O) groups is 1. The molecule has 40 heavy (non-hydrogen) atoms. The van der Waals surface area contributed by atoms with Gasteiger partial charge in [-0.15, -0.1) is 0 Å². The molecule has 1 saturated carbocycles. The fraction of sp³-hybridized carbons (Fsp3) is 0.241. The summed E-state index contributed by atoms with van der Waals surface area (Å²) in [6.45, 7) is 0.674. The molecule has 2 aromatic carbocycles. The largest absolute Gasteiger partial charge is 0.481 e.